The quantitative estimate of drug-likeness (QED) is 0.140. The Morgan fingerprint density at radius 1 is 1.00 bits per heavy atom. The number of hydrogen-bond donors (Lipinski definition) is 4. The molecule has 1 aliphatic rings. The summed E-state index contributed by atoms with van der Waals surface area (Å²) in [5.74, 6) is -1.50. The lowest BCUT2D eigenvalue weighted by atomic mass is 9.98. The van der Waals surface area contributed by atoms with Crippen LogP contribution in [0.5, 0.6) is 5.88 Å². The van der Waals surface area contributed by atoms with Crippen LogP contribution in [0.25, 0.3) is 10.9 Å². The van der Waals surface area contributed by atoms with Gasteiger partial charge in [0.25, 0.3) is 5.91 Å². The highest BCUT2D eigenvalue weighted by Crippen LogP contribution is 2.33. The number of amides is 1. The Balaban J connectivity index is 1.36. The minimum atomic E-state index is -1.04. The number of carbonyl (C=O) groups excluding carboxylic acids is 1. The summed E-state index contributed by atoms with van der Waals surface area (Å²) in [5, 5.41) is 21.1. The van der Waals surface area contributed by atoms with Crippen LogP contribution in [0.1, 0.15) is 37.4 Å². The Morgan fingerprint density at radius 3 is 2.39 bits per heavy atom. The van der Waals surface area contributed by atoms with E-state index in [4.69, 9.17) is 9.83 Å². The number of likely N-dealkylation sites (N-methyl/N-ethyl adjacent to an activating group) is 1. The molecule has 4 N–H and O–H groups in total. The first-order valence-corrected chi connectivity index (χ1v) is 13.5. The Morgan fingerprint density at radius 2 is 1.71 bits per heavy atom. The second kappa shape index (κ2) is 12.3. The average Bonchev–Trinajstić information content (AvgIpc) is 3.29. The molecule has 5 rings (SSSR count). The molecule has 41 heavy (non-hydrogen) atoms. The Hall–Kier alpha value is -4.51. The number of carboxylic acid groups (broad SMARTS) is 1. The highest BCUT2D eigenvalue weighted by molar-refractivity contribution is 6.22. The topological polar surface area (TPSA) is 130 Å². The second-order valence-corrected chi connectivity index (χ2v) is 10.2. The standard InChI is InChI=1S/C31H33N5O5/c1-20-18-25-26(19-24(20)31(39)40)33-30(38)27(25)28(21-6-4-3-5-7-21)32-23-10-8-22(9-11-23)29(37)34-41-17-16-36-14-12-35(2)13-15-36/h3-11,18-19,33,38H,12-17H2,1-2H3,(H,34,37)(H,39,40). The molecule has 212 valence electrons. The van der Waals surface area contributed by atoms with Crippen LogP contribution in [0.3, 0.4) is 0 Å². The summed E-state index contributed by atoms with van der Waals surface area (Å²) in [5.41, 5.74) is 6.45. The summed E-state index contributed by atoms with van der Waals surface area (Å²) in [6.45, 7) is 6.90. The SMILES string of the molecule is Cc1cc2c(C(=Nc3ccc(C(=O)NOCCN4CCN(C)CC4)cc3)c3ccccc3)c(O)[nH]c2cc1C(=O)O. The first-order valence-electron chi connectivity index (χ1n) is 13.5. The van der Waals surface area contributed by atoms with Gasteiger partial charge in [-0.1, -0.05) is 30.3 Å². The summed E-state index contributed by atoms with van der Waals surface area (Å²) in [7, 11) is 2.11. The number of aromatic carboxylic acids is 1. The molecule has 4 aromatic rings. The molecule has 0 bridgehead atoms. The summed E-state index contributed by atoms with van der Waals surface area (Å²) in [6, 6.07) is 19.4. The van der Waals surface area contributed by atoms with Crippen molar-refractivity contribution in [3.8, 4) is 5.88 Å². The molecular formula is C31H33N5O5. The van der Waals surface area contributed by atoms with Crippen molar-refractivity contribution in [3.05, 3.63) is 94.5 Å². The average molecular weight is 556 g/mol. The van der Waals surface area contributed by atoms with Gasteiger partial charge in [0.15, 0.2) is 5.88 Å². The fraction of sp³-hybridized carbons (Fsp3) is 0.258. The number of rotatable bonds is 9. The number of nitrogens with zero attached hydrogens (tertiary/aromatic N) is 3. The van der Waals surface area contributed by atoms with Gasteiger partial charge in [-0.15, -0.1) is 0 Å². The van der Waals surface area contributed by atoms with E-state index in [0.29, 0.717) is 45.6 Å². The van der Waals surface area contributed by atoms with Crippen molar-refractivity contribution in [2.24, 2.45) is 4.99 Å². The molecule has 0 radical (unpaired) electrons. The minimum absolute atomic E-state index is 0.116. The van der Waals surface area contributed by atoms with Gasteiger partial charge >= 0.3 is 5.97 Å². The van der Waals surface area contributed by atoms with Crippen LogP contribution in [0.4, 0.5) is 5.69 Å². The molecule has 0 saturated carbocycles. The highest BCUT2D eigenvalue weighted by atomic mass is 16.7. The first-order chi connectivity index (χ1) is 19.8. The van der Waals surface area contributed by atoms with Crippen LogP contribution in [0.2, 0.25) is 0 Å². The summed E-state index contributed by atoms with van der Waals surface area (Å²) in [4.78, 5) is 42.0. The molecule has 1 fully saturated rings. The van der Waals surface area contributed by atoms with Crippen molar-refractivity contribution in [2.45, 2.75) is 6.92 Å². The number of aliphatic imine (C=N–C) groups is 1. The number of piperazine rings is 1. The number of carboxylic acids is 1. The maximum absolute atomic E-state index is 12.6. The van der Waals surface area contributed by atoms with E-state index in [0.717, 1.165) is 38.3 Å². The lowest BCUT2D eigenvalue weighted by Crippen LogP contribution is -2.45. The third-order valence-electron chi connectivity index (χ3n) is 7.28. The van der Waals surface area contributed by atoms with E-state index in [1.54, 1.807) is 37.3 Å². The summed E-state index contributed by atoms with van der Waals surface area (Å²) < 4.78 is 0. The number of aryl methyl sites for hydroxylation is 1. The Bertz CT molecular complexity index is 1570. The highest BCUT2D eigenvalue weighted by Gasteiger charge is 2.21. The number of aromatic nitrogens is 1. The van der Waals surface area contributed by atoms with E-state index in [-0.39, 0.29) is 17.4 Å². The molecule has 0 aliphatic carbocycles. The van der Waals surface area contributed by atoms with Crippen LogP contribution in [0, 0.1) is 6.92 Å². The van der Waals surface area contributed by atoms with Crippen molar-refractivity contribution >= 4 is 34.2 Å². The van der Waals surface area contributed by atoms with Gasteiger partial charge in [0.05, 0.1) is 29.1 Å². The van der Waals surface area contributed by atoms with Crippen molar-refractivity contribution in [3.63, 3.8) is 0 Å². The molecule has 0 atom stereocenters. The van der Waals surface area contributed by atoms with Crippen molar-refractivity contribution in [1.29, 1.82) is 0 Å². The molecule has 1 saturated heterocycles. The number of aromatic hydroxyl groups is 1. The molecule has 1 aliphatic heterocycles. The van der Waals surface area contributed by atoms with Crippen molar-refractivity contribution in [2.75, 3.05) is 46.4 Å². The molecule has 10 heteroatoms. The van der Waals surface area contributed by atoms with Gasteiger partial charge in [0, 0.05) is 54.8 Å². The van der Waals surface area contributed by atoms with E-state index in [1.165, 1.54) is 6.07 Å². The number of hydroxylamine groups is 1. The molecule has 3 aromatic carbocycles. The summed E-state index contributed by atoms with van der Waals surface area (Å²) >= 11 is 0. The predicted molar refractivity (Wildman–Crippen MR) is 157 cm³/mol. The third kappa shape index (κ3) is 6.46. The number of hydrogen-bond acceptors (Lipinski definition) is 7. The third-order valence-corrected chi connectivity index (χ3v) is 7.28. The molecule has 0 spiro atoms. The minimum Gasteiger partial charge on any atom is -0.494 e. The fourth-order valence-corrected chi connectivity index (χ4v) is 4.90. The van der Waals surface area contributed by atoms with Crippen LogP contribution in [-0.4, -0.2) is 89.0 Å². The number of nitrogens with one attached hydrogen (secondary N) is 2. The monoisotopic (exact) mass is 555 g/mol. The maximum atomic E-state index is 12.6. The van der Waals surface area contributed by atoms with Crippen LogP contribution >= 0.6 is 0 Å². The number of fused-ring (bicyclic) bond motifs is 1. The predicted octanol–water partition coefficient (Wildman–Crippen LogP) is 3.96. The molecule has 10 nitrogen and oxygen atoms in total. The van der Waals surface area contributed by atoms with Gasteiger partial charge in [-0.05, 0) is 55.9 Å². The molecule has 1 amide bonds. The van der Waals surface area contributed by atoms with E-state index in [1.807, 2.05) is 30.3 Å². The van der Waals surface area contributed by atoms with Gasteiger partial charge in [0.1, 0.15) is 0 Å². The van der Waals surface area contributed by atoms with Crippen molar-refractivity contribution in [1.82, 2.24) is 20.3 Å². The van der Waals surface area contributed by atoms with Crippen molar-refractivity contribution < 1.29 is 24.6 Å². The first kappa shape index (κ1) is 28.0. The number of H-pyrrole nitrogens is 1. The summed E-state index contributed by atoms with van der Waals surface area (Å²) in [6.07, 6.45) is 0. The largest absolute Gasteiger partial charge is 0.494 e. The normalized spacial score (nSPS) is 14.8. The number of aromatic amines is 1. The van der Waals surface area contributed by atoms with Crippen LogP contribution < -0.4 is 5.48 Å². The zero-order chi connectivity index (χ0) is 28.9. The van der Waals surface area contributed by atoms with E-state index < -0.39 is 5.97 Å². The molecule has 1 aromatic heterocycles. The lowest BCUT2D eigenvalue weighted by molar-refractivity contribution is 0.0177. The lowest BCUT2D eigenvalue weighted by Gasteiger charge is -2.32. The van der Waals surface area contributed by atoms with Gasteiger partial charge in [-0.25, -0.2) is 15.3 Å². The van der Waals surface area contributed by atoms with E-state index in [9.17, 15) is 19.8 Å². The van der Waals surface area contributed by atoms with Gasteiger partial charge in [-0.3, -0.25) is 14.5 Å². The van der Waals surface area contributed by atoms with E-state index >= 15 is 0 Å². The smallest absolute Gasteiger partial charge is 0.336 e. The maximum Gasteiger partial charge on any atom is 0.336 e. The zero-order valence-electron chi connectivity index (χ0n) is 23.1. The van der Waals surface area contributed by atoms with E-state index in [2.05, 4.69) is 27.3 Å². The van der Waals surface area contributed by atoms with Crippen LogP contribution in [-0.2, 0) is 4.84 Å². The Kier molecular flexibility index (Phi) is 8.44. The Labute approximate surface area is 237 Å². The van der Waals surface area contributed by atoms with Gasteiger partial charge < -0.3 is 20.1 Å². The number of carbonyl (C=O) groups is 2. The molecule has 0 unspecified atom stereocenters. The second-order valence-electron chi connectivity index (χ2n) is 10.2. The fourth-order valence-electron chi connectivity index (χ4n) is 4.90. The zero-order valence-corrected chi connectivity index (χ0v) is 23.1. The molecular weight excluding hydrogens is 522 g/mol. The number of benzene rings is 3. The molecule has 2 heterocycles. The van der Waals surface area contributed by atoms with Crippen LogP contribution in [0.15, 0.2) is 71.7 Å². The van der Waals surface area contributed by atoms with Gasteiger partial charge in [-0.2, -0.15) is 0 Å². The van der Waals surface area contributed by atoms with Gasteiger partial charge in [0.2, 0.25) is 0 Å².